The number of benzene rings is 1. The first kappa shape index (κ1) is 14.8. The maximum Gasteiger partial charge on any atom is 0.241 e. The molecule has 1 aliphatic rings. The Labute approximate surface area is 120 Å². The van der Waals surface area contributed by atoms with Gasteiger partial charge >= 0.3 is 0 Å². The summed E-state index contributed by atoms with van der Waals surface area (Å²) in [5.74, 6) is 0.182. The molecule has 1 aromatic rings. The van der Waals surface area contributed by atoms with Crippen molar-refractivity contribution in [1.82, 2.24) is 10.2 Å². The van der Waals surface area contributed by atoms with Crippen LogP contribution in [0.25, 0.3) is 0 Å². The van der Waals surface area contributed by atoms with E-state index in [0.717, 1.165) is 38.5 Å². The number of methoxy groups -OCH3 is 1. The minimum Gasteiger partial charge on any atom is -0.383 e. The van der Waals surface area contributed by atoms with Gasteiger partial charge in [0, 0.05) is 46.0 Å². The Morgan fingerprint density at radius 1 is 1.25 bits per heavy atom. The van der Waals surface area contributed by atoms with Gasteiger partial charge in [-0.15, -0.1) is 0 Å². The standard InChI is InChI=1S/C15H23N3O2/c1-17-8-9-18(12-15(17)19)14-5-3-13(4-6-14)11-16-7-10-20-2/h3-6,16H,7-12H2,1-2H3. The largest absolute Gasteiger partial charge is 0.383 e. The molecule has 1 amide bonds. The van der Waals surface area contributed by atoms with Crippen LogP contribution in [-0.2, 0) is 16.1 Å². The van der Waals surface area contributed by atoms with Gasteiger partial charge in [-0.25, -0.2) is 0 Å². The van der Waals surface area contributed by atoms with Crippen molar-refractivity contribution in [3.63, 3.8) is 0 Å². The molecule has 0 unspecified atom stereocenters. The average molecular weight is 277 g/mol. The first-order valence-corrected chi connectivity index (χ1v) is 6.98. The zero-order valence-corrected chi connectivity index (χ0v) is 12.3. The van der Waals surface area contributed by atoms with Crippen molar-refractivity contribution in [2.45, 2.75) is 6.54 Å². The van der Waals surface area contributed by atoms with Crippen molar-refractivity contribution in [2.24, 2.45) is 0 Å². The van der Waals surface area contributed by atoms with Gasteiger partial charge in [0.2, 0.25) is 5.91 Å². The Hall–Kier alpha value is -1.59. The van der Waals surface area contributed by atoms with E-state index < -0.39 is 0 Å². The fourth-order valence-corrected chi connectivity index (χ4v) is 2.21. The molecule has 110 valence electrons. The molecule has 20 heavy (non-hydrogen) atoms. The lowest BCUT2D eigenvalue weighted by Gasteiger charge is -2.33. The van der Waals surface area contributed by atoms with E-state index in [9.17, 15) is 4.79 Å². The summed E-state index contributed by atoms with van der Waals surface area (Å²) in [5.41, 5.74) is 2.36. The third-order valence-electron chi connectivity index (χ3n) is 3.57. The van der Waals surface area contributed by atoms with Crippen molar-refractivity contribution >= 4 is 11.6 Å². The van der Waals surface area contributed by atoms with Crippen molar-refractivity contribution in [3.05, 3.63) is 29.8 Å². The van der Waals surface area contributed by atoms with Crippen molar-refractivity contribution < 1.29 is 9.53 Å². The molecule has 0 radical (unpaired) electrons. The molecule has 1 aliphatic heterocycles. The van der Waals surface area contributed by atoms with E-state index in [-0.39, 0.29) is 5.91 Å². The van der Waals surface area contributed by atoms with Crippen LogP contribution in [0.4, 0.5) is 5.69 Å². The molecule has 5 heteroatoms. The quantitative estimate of drug-likeness (QED) is 0.778. The normalized spacial score (nSPS) is 15.8. The molecule has 5 nitrogen and oxygen atoms in total. The number of amides is 1. The zero-order valence-electron chi connectivity index (χ0n) is 12.3. The molecule has 1 heterocycles. The number of carbonyl (C=O) groups excluding carboxylic acids is 1. The summed E-state index contributed by atoms with van der Waals surface area (Å²) in [6.45, 7) is 4.58. The van der Waals surface area contributed by atoms with E-state index >= 15 is 0 Å². The van der Waals surface area contributed by atoms with Gasteiger partial charge in [-0.2, -0.15) is 0 Å². The Morgan fingerprint density at radius 3 is 2.65 bits per heavy atom. The molecule has 1 aromatic carbocycles. The second-order valence-electron chi connectivity index (χ2n) is 5.07. The zero-order chi connectivity index (χ0) is 14.4. The fraction of sp³-hybridized carbons (Fsp3) is 0.533. The molecular formula is C15H23N3O2. The number of anilines is 1. The minimum atomic E-state index is 0.182. The summed E-state index contributed by atoms with van der Waals surface area (Å²) in [4.78, 5) is 15.6. The monoisotopic (exact) mass is 277 g/mol. The molecule has 1 saturated heterocycles. The molecule has 0 atom stereocenters. The highest BCUT2D eigenvalue weighted by Crippen LogP contribution is 2.17. The first-order valence-electron chi connectivity index (χ1n) is 6.98. The summed E-state index contributed by atoms with van der Waals surface area (Å²) in [6, 6.07) is 8.40. The van der Waals surface area contributed by atoms with Gasteiger partial charge in [-0.05, 0) is 17.7 Å². The predicted octanol–water partition coefficient (Wildman–Crippen LogP) is 0.701. The number of hydrogen-bond acceptors (Lipinski definition) is 4. The van der Waals surface area contributed by atoms with Crippen LogP contribution in [0.5, 0.6) is 0 Å². The van der Waals surface area contributed by atoms with Gasteiger partial charge < -0.3 is 19.9 Å². The van der Waals surface area contributed by atoms with E-state index in [1.54, 1.807) is 12.0 Å². The molecule has 0 bridgehead atoms. The van der Waals surface area contributed by atoms with Crippen molar-refractivity contribution in [1.29, 1.82) is 0 Å². The summed E-state index contributed by atoms with van der Waals surface area (Å²) < 4.78 is 4.99. The summed E-state index contributed by atoms with van der Waals surface area (Å²) in [6.07, 6.45) is 0. The van der Waals surface area contributed by atoms with Crippen LogP contribution in [0, 0.1) is 0 Å². The summed E-state index contributed by atoms with van der Waals surface area (Å²) >= 11 is 0. The Balaban J connectivity index is 1.86. The van der Waals surface area contributed by atoms with Crippen LogP contribution in [0.15, 0.2) is 24.3 Å². The number of likely N-dealkylation sites (N-methyl/N-ethyl adjacent to an activating group) is 1. The lowest BCUT2D eigenvalue weighted by Crippen LogP contribution is -2.48. The van der Waals surface area contributed by atoms with E-state index in [4.69, 9.17) is 4.74 Å². The highest BCUT2D eigenvalue weighted by Gasteiger charge is 2.20. The molecule has 1 N–H and O–H groups in total. The lowest BCUT2D eigenvalue weighted by atomic mass is 10.1. The second-order valence-corrected chi connectivity index (χ2v) is 5.07. The number of hydrogen-bond donors (Lipinski definition) is 1. The van der Waals surface area contributed by atoms with Crippen LogP contribution in [-0.4, -0.2) is 57.8 Å². The fourth-order valence-electron chi connectivity index (χ4n) is 2.21. The van der Waals surface area contributed by atoms with E-state index in [2.05, 4.69) is 34.5 Å². The van der Waals surface area contributed by atoms with Crippen molar-refractivity contribution in [3.8, 4) is 0 Å². The van der Waals surface area contributed by atoms with Gasteiger partial charge in [0.15, 0.2) is 0 Å². The van der Waals surface area contributed by atoms with Crippen LogP contribution >= 0.6 is 0 Å². The van der Waals surface area contributed by atoms with Crippen LogP contribution in [0.1, 0.15) is 5.56 Å². The number of rotatable bonds is 6. The number of piperazine rings is 1. The molecule has 0 aliphatic carbocycles. The maximum atomic E-state index is 11.7. The Bertz CT molecular complexity index is 433. The van der Waals surface area contributed by atoms with E-state index in [0.29, 0.717) is 6.54 Å². The highest BCUT2D eigenvalue weighted by molar-refractivity contribution is 5.82. The van der Waals surface area contributed by atoms with Gasteiger partial charge in [-0.1, -0.05) is 12.1 Å². The average Bonchev–Trinajstić information content (AvgIpc) is 2.47. The van der Waals surface area contributed by atoms with Crippen LogP contribution in [0.3, 0.4) is 0 Å². The van der Waals surface area contributed by atoms with Gasteiger partial charge in [0.1, 0.15) is 0 Å². The highest BCUT2D eigenvalue weighted by atomic mass is 16.5. The number of nitrogens with zero attached hydrogens (tertiary/aromatic N) is 2. The van der Waals surface area contributed by atoms with Crippen LogP contribution < -0.4 is 10.2 Å². The minimum absolute atomic E-state index is 0.182. The molecule has 2 rings (SSSR count). The Morgan fingerprint density at radius 2 is 2.00 bits per heavy atom. The smallest absolute Gasteiger partial charge is 0.241 e. The van der Waals surface area contributed by atoms with Crippen molar-refractivity contribution in [2.75, 3.05) is 51.8 Å². The van der Waals surface area contributed by atoms with E-state index in [1.807, 2.05) is 7.05 Å². The van der Waals surface area contributed by atoms with Gasteiger partial charge in [0.25, 0.3) is 0 Å². The maximum absolute atomic E-state index is 11.7. The summed E-state index contributed by atoms with van der Waals surface area (Å²) in [7, 11) is 3.56. The second kappa shape index (κ2) is 7.26. The molecule has 0 spiro atoms. The van der Waals surface area contributed by atoms with Gasteiger partial charge in [-0.3, -0.25) is 4.79 Å². The third-order valence-corrected chi connectivity index (χ3v) is 3.57. The Kier molecular flexibility index (Phi) is 5.38. The third kappa shape index (κ3) is 3.95. The lowest BCUT2D eigenvalue weighted by molar-refractivity contribution is -0.129. The number of carbonyl (C=O) groups is 1. The van der Waals surface area contributed by atoms with Crippen LogP contribution in [0.2, 0.25) is 0 Å². The van der Waals surface area contributed by atoms with E-state index in [1.165, 1.54) is 5.56 Å². The molecule has 0 aromatic heterocycles. The first-order chi connectivity index (χ1) is 9.70. The SMILES string of the molecule is COCCNCc1ccc(N2CCN(C)C(=O)C2)cc1. The number of ether oxygens (including phenoxy) is 1. The summed E-state index contributed by atoms with van der Waals surface area (Å²) in [5, 5.41) is 3.32. The number of nitrogens with one attached hydrogen (secondary N) is 1. The molecular weight excluding hydrogens is 254 g/mol. The van der Waals surface area contributed by atoms with Gasteiger partial charge in [0.05, 0.1) is 13.2 Å². The molecule has 0 saturated carbocycles. The molecule has 1 fully saturated rings. The predicted molar refractivity (Wildman–Crippen MR) is 79.9 cm³/mol. The topological polar surface area (TPSA) is 44.8 Å².